The first-order chi connectivity index (χ1) is 5.70. The molecular weight excluding hydrogens is 172 g/mol. The molecule has 2 N–H and O–H groups in total. The van der Waals surface area contributed by atoms with E-state index in [0.717, 1.165) is 0 Å². The van der Waals surface area contributed by atoms with Crippen LogP contribution >= 0.6 is 11.3 Å². The molecule has 12 heavy (non-hydrogen) atoms. The molecule has 1 heterocycles. The molecule has 1 aromatic heterocycles. The lowest BCUT2D eigenvalue weighted by atomic mass is 10.3. The van der Waals surface area contributed by atoms with E-state index in [9.17, 15) is 0 Å². The predicted molar refractivity (Wildman–Crippen MR) is 50.2 cm³/mol. The van der Waals surface area contributed by atoms with Crippen LogP contribution in [0.5, 0.6) is 0 Å². The van der Waals surface area contributed by atoms with Gasteiger partial charge in [-0.1, -0.05) is 0 Å². The van der Waals surface area contributed by atoms with Crippen molar-refractivity contribution < 1.29 is 5.11 Å². The van der Waals surface area contributed by atoms with Crippen LogP contribution in [0.1, 0.15) is 24.8 Å². The van der Waals surface area contributed by atoms with E-state index in [1.807, 2.05) is 11.7 Å². The number of nitrogens with zero attached hydrogens (tertiary/aromatic N) is 1. The summed E-state index contributed by atoms with van der Waals surface area (Å²) in [5.41, 5.74) is 1.82. The second-order valence-electron chi connectivity index (χ2n) is 2.88. The highest BCUT2D eigenvalue weighted by Gasteiger charge is 2.06. The Morgan fingerprint density at radius 3 is 2.92 bits per heavy atom. The van der Waals surface area contributed by atoms with E-state index in [1.165, 1.54) is 4.88 Å². The highest BCUT2D eigenvalue weighted by molar-refractivity contribution is 7.09. The van der Waals surface area contributed by atoms with Crippen LogP contribution in [0, 0.1) is 0 Å². The lowest BCUT2D eigenvalue weighted by Crippen LogP contribution is -2.26. The van der Waals surface area contributed by atoms with Crippen LogP contribution in [0.4, 0.5) is 0 Å². The van der Waals surface area contributed by atoms with Gasteiger partial charge in [-0.25, -0.2) is 0 Å². The van der Waals surface area contributed by atoms with Crippen LogP contribution < -0.4 is 5.32 Å². The van der Waals surface area contributed by atoms with Gasteiger partial charge in [0.05, 0.1) is 11.6 Å². The minimum atomic E-state index is -0.291. The maximum absolute atomic E-state index is 9.02. The van der Waals surface area contributed by atoms with Crippen molar-refractivity contribution in [3.05, 3.63) is 16.6 Å². The molecule has 0 fully saturated rings. The third kappa shape index (κ3) is 2.89. The Hall–Kier alpha value is -0.450. The fourth-order valence-electron chi connectivity index (χ4n) is 0.887. The van der Waals surface area contributed by atoms with Gasteiger partial charge in [-0.15, -0.1) is 11.3 Å². The molecule has 68 valence electrons. The zero-order chi connectivity index (χ0) is 8.97. The average Bonchev–Trinajstić information content (AvgIpc) is 2.51. The topological polar surface area (TPSA) is 45.1 Å². The SMILES string of the molecule is CC(NC[C@@H](C)O)c1cncs1. The van der Waals surface area contributed by atoms with Crippen LogP contribution in [0.15, 0.2) is 11.7 Å². The predicted octanol–water partition coefficient (Wildman–Crippen LogP) is 1.17. The molecule has 0 aliphatic carbocycles. The lowest BCUT2D eigenvalue weighted by molar-refractivity contribution is 0.187. The van der Waals surface area contributed by atoms with Crippen LogP contribution in [0.2, 0.25) is 0 Å². The summed E-state index contributed by atoms with van der Waals surface area (Å²) in [6.45, 7) is 4.46. The van der Waals surface area contributed by atoms with Crippen molar-refractivity contribution >= 4 is 11.3 Å². The van der Waals surface area contributed by atoms with Gasteiger partial charge in [-0.2, -0.15) is 0 Å². The first kappa shape index (κ1) is 9.64. The van der Waals surface area contributed by atoms with Crippen molar-refractivity contribution in [1.29, 1.82) is 0 Å². The first-order valence-electron chi connectivity index (χ1n) is 4.00. The van der Waals surface area contributed by atoms with Crippen molar-refractivity contribution in [1.82, 2.24) is 10.3 Å². The zero-order valence-corrected chi connectivity index (χ0v) is 8.14. The van der Waals surface area contributed by atoms with Crippen LogP contribution in [0.25, 0.3) is 0 Å². The molecule has 1 aromatic rings. The Morgan fingerprint density at radius 2 is 2.42 bits per heavy atom. The third-order valence-electron chi connectivity index (χ3n) is 1.60. The van der Waals surface area contributed by atoms with Gasteiger partial charge in [0.15, 0.2) is 0 Å². The van der Waals surface area contributed by atoms with Crippen LogP contribution in [-0.2, 0) is 0 Å². The highest BCUT2D eigenvalue weighted by Crippen LogP contribution is 2.15. The summed E-state index contributed by atoms with van der Waals surface area (Å²) in [4.78, 5) is 5.19. The van der Waals surface area contributed by atoms with Crippen molar-refractivity contribution in [2.24, 2.45) is 0 Å². The van der Waals surface area contributed by atoms with E-state index < -0.39 is 0 Å². The number of thiazole rings is 1. The summed E-state index contributed by atoms with van der Waals surface area (Å²) >= 11 is 1.63. The highest BCUT2D eigenvalue weighted by atomic mass is 32.1. The lowest BCUT2D eigenvalue weighted by Gasteiger charge is -2.12. The van der Waals surface area contributed by atoms with Gasteiger partial charge in [0, 0.05) is 23.7 Å². The van der Waals surface area contributed by atoms with E-state index >= 15 is 0 Å². The maximum atomic E-state index is 9.02. The number of hydrogen-bond acceptors (Lipinski definition) is 4. The van der Waals surface area contributed by atoms with Gasteiger partial charge in [0.1, 0.15) is 0 Å². The van der Waals surface area contributed by atoms with Gasteiger partial charge in [-0.05, 0) is 13.8 Å². The van der Waals surface area contributed by atoms with E-state index in [1.54, 1.807) is 18.3 Å². The van der Waals surface area contributed by atoms with E-state index in [-0.39, 0.29) is 12.1 Å². The van der Waals surface area contributed by atoms with Gasteiger partial charge in [0.2, 0.25) is 0 Å². The first-order valence-corrected chi connectivity index (χ1v) is 4.88. The van der Waals surface area contributed by atoms with Crippen molar-refractivity contribution in [2.75, 3.05) is 6.54 Å². The second kappa shape index (κ2) is 4.54. The summed E-state index contributed by atoms with van der Waals surface area (Å²) in [6, 6.07) is 0.284. The summed E-state index contributed by atoms with van der Waals surface area (Å²) in [5, 5.41) is 12.2. The Labute approximate surface area is 76.5 Å². The Bertz CT molecular complexity index is 211. The number of aromatic nitrogens is 1. The molecule has 2 atom stereocenters. The molecule has 3 nitrogen and oxygen atoms in total. The standard InChI is InChI=1S/C8H14N2OS/c1-6(11)3-10-7(2)8-4-9-5-12-8/h4-7,10-11H,3H2,1-2H3/t6-,7?/m1/s1. The third-order valence-corrected chi connectivity index (χ3v) is 2.56. The molecule has 4 heteroatoms. The monoisotopic (exact) mass is 186 g/mol. The number of rotatable bonds is 4. The number of aliphatic hydroxyl groups excluding tert-OH is 1. The van der Waals surface area contributed by atoms with E-state index in [2.05, 4.69) is 17.2 Å². The van der Waals surface area contributed by atoms with Crippen LogP contribution in [0.3, 0.4) is 0 Å². The van der Waals surface area contributed by atoms with Gasteiger partial charge in [0.25, 0.3) is 0 Å². The average molecular weight is 186 g/mol. The molecule has 0 saturated carbocycles. The van der Waals surface area contributed by atoms with Gasteiger partial charge < -0.3 is 10.4 Å². The quantitative estimate of drug-likeness (QED) is 0.742. The maximum Gasteiger partial charge on any atom is 0.0794 e. The van der Waals surface area contributed by atoms with Gasteiger partial charge >= 0.3 is 0 Å². The Balaban J connectivity index is 2.34. The van der Waals surface area contributed by atoms with E-state index in [0.29, 0.717) is 6.54 Å². The molecule has 0 amide bonds. The second-order valence-corrected chi connectivity index (χ2v) is 3.80. The molecule has 0 radical (unpaired) electrons. The molecule has 0 aliphatic rings. The summed E-state index contributed by atoms with van der Waals surface area (Å²) < 4.78 is 0. The molecule has 0 bridgehead atoms. The normalized spacial score (nSPS) is 15.9. The molecule has 0 aliphatic heterocycles. The Kier molecular flexibility index (Phi) is 3.65. The molecule has 1 rings (SSSR count). The van der Waals surface area contributed by atoms with Crippen LogP contribution in [-0.4, -0.2) is 22.7 Å². The van der Waals surface area contributed by atoms with Crippen molar-refractivity contribution in [3.63, 3.8) is 0 Å². The molecular formula is C8H14N2OS. The van der Waals surface area contributed by atoms with Gasteiger partial charge in [-0.3, -0.25) is 4.98 Å². The van der Waals surface area contributed by atoms with E-state index in [4.69, 9.17) is 5.11 Å². The number of hydrogen-bond donors (Lipinski definition) is 2. The molecule has 1 unspecified atom stereocenters. The summed E-state index contributed by atoms with van der Waals surface area (Å²) in [7, 11) is 0. The molecule has 0 spiro atoms. The zero-order valence-electron chi connectivity index (χ0n) is 7.32. The minimum Gasteiger partial charge on any atom is -0.392 e. The van der Waals surface area contributed by atoms with Crippen molar-refractivity contribution in [3.8, 4) is 0 Å². The van der Waals surface area contributed by atoms with Crippen molar-refractivity contribution in [2.45, 2.75) is 26.0 Å². The minimum absolute atomic E-state index is 0.284. The fraction of sp³-hybridized carbons (Fsp3) is 0.625. The number of nitrogens with one attached hydrogen (secondary N) is 1. The molecule has 0 saturated heterocycles. The largest absolute Gasteiger partial charge is 0.392 e. The summed E-state index contributed by atoms with van der Waals surface area (Å²) in [5.74, 6) is 0. The molecule has 0 aromatic carbocycles. The number of aliphatic hydroxyl groups is 1. The smallest absolute Gasteiger partial charge is 0.0794 e. The fourth-order valence-corrected chi connectivity index (χ4v) is 1.54. The summed E-state index contributed by atoms with van der Waals surface area (Å²) in [6.07, 6.45) is 1.56. The Morgan fingerprint density at radius 1 is 1.67 bits per heavy atom.